The van der Waals surface area contributed by atoms with E-state index in [2.05, 4.69) is 243 Å². The van der Waals surface area contributed by atoms with Gasteiger partial charge in [0.25, 0.3) is 6.71 Å². The fraction of sp³-hybridized carbons (Fsp3) is 0.333. The molecule has 3 heterocycles. The summed E-state index contributed by atoms with van der Waals surface area (Å²) in [5.41, 5.74) is 21.9. The highest BCUT2D eigenvalue weighted by Gasteiger charge is 2.57. The molecule has 338 valence electrons. The Balaban J connectivity index is 1.29. The van der Waals surface area contributed by atoms with Crippen LogP contribution in [0.15, 0.2) is 152 Å². The summed E-state index contributed by atoms with van der Waals surface area (Å²) < 4.78 is 0. The van der Waals surface area contributed by atoms with E-state index in [9.17, 15) is 0 Å². The van der Waals surface area contributed by atoms with E-state index in [1.165, 1.54) is 121 Å². The first-order chi connectivity index (χ1) is 31.9. The zero-order valence-corrected chi connectivity index (χ0v) is 41.9. The average Bonchev–Trinajstić information content (AvgIpc) is 3.37. The Morgan fingerprint density at radius 1 is 0.433 bits per heavy atom. The summed E-state index contributed by atoms with van der Waals surface area (Å²) in [6.07, 6.45) is 6.09. The molecule has 1 fully saturated rings. The van der Waals surface area contributed by atoms with Crippen LogP contribution >= 0.6 is 0 Å². The van der Waals surface area contributed by atoms with Crippen molar-refractivity contribution in [1.82, 2.24) is 0 Å². The Labute approximate surface area is 402 Å². The van der Waals surface area contributed by atoms with Crippen LogP contribution in [-0.2, 0) is 21.7 Å². The van der Waals surface area contributed by atoms with E-state index in [-0.39, 0.29) is 33.9 Å². The summed E-state index contributed by atoms with van der Waals surface area (Å²) >= 11 is 0. The normalized spacial score (nSPS) is 19.9. The monoisotopic (exact) mass is 878 g/mol. The molecule has 3 nitrogen and oxygen atoms in total. The van der Waals surface area contributed by atoms with Crippen LogP contribution in [0.1, 0.15) is 131 Å². The van der Waals surface area contributed by atoms with Crippen LogP contribution in [0.2, 0.25) is 0 Å². The van der Waals surface area contributed by atoms with E-state index >= 15 is 0 Å². The minimum absolute atomic E-state index is 0.000250. The first-order valence-corrected chi connectivity index (χ1v) is 25.1. The Hall–Kier alpha value is -6.00. The SMILES string of the molecule is CC(C)(C)c1cccc(N2c3cc(C(C)(C)C)ccc3B3c4ccccc4N(c4ccc(C(C)(C)C)cc4-c4ccccc4)c4cc(N5c6ccccc6C6(C)CCCCCC56C)cc2c43)c1. The number of rotatable bonds is 4. The summed E-state index contributed by atoms with van der Waals surface area (Å²) in [5, 5.41) is 0. The van der Waals surface area contributed by atoms with Crippen molar-refractivity contribution in [3.63, 3.8) is 0 Å². The summed E-state index contributed by atoms with van der Waals surface area (Å²) in [4.78, 5) is 8.11. The number of benzene rings is 7. The van der Waals surface area contributed by atoms with E-state index in [1.807, 2.05) is 0 Å². The average molecular weight is 878 g/mol. The molecular formula is C63H68BN3. The van der Waals surface area contributed by atoms with E-state index in [4.69, 9.17) is 0 Å². The minimum Gasteiger partial charge on any atom is -0.334 e. The zero-order chi connectivity index (χ0) is 46.8. The number of hydrogen-bond acceptors (Lipinski definition) is 3. The molecule has 11 rings (SSSR count). The Kier molecular flexibility index (Phi) is 9.92. The first kappa shape index (κ1) is 43.6. The van der Waals surface area contributed by atoms with Crippen molar-refractivity contribution in [2.45, 2.75) is 135 Å². The van der Waals surface area contributed by atoms with Gasteiger partial charge in [0.1, 0.15) is 0 Å². The van der Waals surface area contributed by atoms with Crippen LogP contribution in [0, 0.1) is 0 Å². The third-order valence-corrected chi connectivity index (χ3v) is 16.5. The van der Waals surface area contributed by atoms with Crippen LogP contribution in [-0.4, -0.2) is 12.3 Å². The topological polar surface area (TPSA) is 9.72 Å². The van der Waals surface area contributed by atoms with E-state index in [0.29, 0.717) is 0 Å². The fourth-order valence-electron chi connectivity index (χ4n) is 12.5. The quantitative estimate of drug-likeness (QED) is 0.163. The third kappa shape index (κ3) is 6.75. The molecule has 0 bridgehead atoms. The molecule has 0 N–H and O–H groups in total. The van der Waals surface area contributed by atoms with Crippen LogP contribution in [0.25, 0.3) is 11.1 Å². The van der Waals surface area contributed by atoms with Crippen molar-refractivity contribution in [2.75, 3.05) is 14.7 Å². The van der Waals surface area contributed by atoms with Gasteiger partial charge in [0, 0.05) is 50.8 Å². The summed E-state index contributed by atoms with van der Waals surface area (Å²) in [5.74, 6) is 0. The molecule has 0 amide bonds. The smallest absolute Gasteiger partial charge is 0.252 e. The molecule has 0 spiro atoms. The number of anilines is 8. The molecule has 2 atom stereocenters. The predicted octanol–water partition coefficient (Wildman–Crippen LogP) is 15.5. The second kappa shape index (κ2) is 15.3. The lowest BCUT2D eigenvalue weighted by atomic mass is 9.33. The molecule has 67 heavy (non-hydrogen) atoms. The Morgan fingerprint density at radius 2 is 1.03 bits per heavy atom. The summed E-state index contributed by atoms with van der Waals surface area (Å²) in [6.45, 7) is 26.3. The maximum Gasteiger partial charge on any atom is 0.252 e. The van der Waals surface area contributed by atoms with Gasteiger partial charge in [-0.1, -0.05) is 186 Å². The molecule has 1 saturated carbocycles. The standard InChI is InChI=1S/C63H68BN3/c1-59(2,3)43-25-22-26-46(37-43)65-55-39-45(61(7,8)9)31-33-51(55)64-50-28-17-19-30-54(50)66(52-34-32-44(60(4,5)6)38-48(52)42-23-14-12-15-24-42)57-41-47(40-56(65)58(57)64)67-53-29-18-16-27-49(53)62(10)35-20-13-21-36-63(62,67)11/h12,14-19,22-34,37-41H,13,20-21,35-36H2,1-11H3. The summed E-state index contributed by atoms with van der Waals surface area (Å²) in [7, 11) is 0. The number of nitrogens with zero attached hydrogens (tertiary/aromatic N) is 3. The lowest BCUT2D eigenvalue weighted by molar-refractivity contribution is 0.261. The predicted molar refractivity (Wildman–Crippen MR) is 289 cm³/mol. The van der Waals surface area contributed by atoms with Crippen LogP contribution < -0.4 is 31.1 Å². The van der Waals surface area contributed by atoms with Gasteiger partial charge in [-0.3, -0.25) is 0 Å². The molecule has 0 radical (unpaired) electrons. The van der Waals surface area contributed by atoms with Gasteiger partial charge in [0.2, 0.25) is 0 Å². The van der Waals surface area contributed by atoms with E-state index < -0.39 is 0 Å². The second-order valence-electron chi connectivity index (χ2n) is 23.8. The van der Waals surface area contributed by atoms with Crippen molar-refractivity contribution < 1.29 is 0 Å². The van der Waals surface area contributed by atoms with Gasteiger partial charge in [0.15, 0.2) is 0 Å². The van der Waals surface area contributed by atoms with Gasteiger partial charge in [-0.25, -0.2) is 0 Å². The number of hydrogen-bond donors (Lipinski definition) is 0. The largest absolute Gasteiger partial charge is 0.334 e. The number of para-hydroxylation sites is 2. The van der Waals surface area contributed by atoms with Gasteiger partial charge >= 0.3 is 0 Å². The highest BCUT2D eigenvalue weighted by molar-refractivity contribution is 7.00. The van der Waals surface area contributed by atoms with Crippen LogP contribution in [0.5, 0.6) is 0 Å². The zero-order valence-electron chi connectivity index (χ0n) is 41.9. The van der Waals surface area contributed by atoms with Crippen LogP contribution in [0.3, 0.4) is 0 Å². The second-order valence-corrected chi connectivity index (χ2v) is 23.8. The van der Waals surface area contributed by atoms with E-state index in [0.717, 1.165) is 6.42 Å². The van der Waals surface area contributed by atoms with Gasteiger partial charge < -0.3 is 14.7 Å². The third-order valence-electron chi connectivity index (χ3n) is 16.5. The molecule has 2 unspecified atom stereocenters. The van der Waals surface area contributed by atoms with Crippen molar-refractivity contribution in [1.29, 1.82) is 0 Å². The molecule has 7 aromatic carbocycles. The highest BCUT2D eigenvalue weighted by Crippen LogP contribution is 2.61. The molecule has 4 heteroatoms. The first-order valence-electron chi connectivity index (χ1n) is 25.1. The van der Waals surface area contributed by atoms with E-state index in [1.54, 1.807) is 0 Å². The Bertz CT molecular complexity index is 3070. The van der Waals surface area contributed by atoms with Gasteiger partial charge in [-0.05, 0) is 135 Å². The van der Waals surface area contributed by atoms with Crippen molar-refractivity contribution in [2.24, 2.45) is 0 Å². The Morgan fingerprint density at radius 3 is 1.76 bits per heavy atom. The van der Waals surface area contributed by atoms with Gasteiger partial charge in [-0.2, -0.15) is 0 Å². The van der Waals surface area contributed by atoms with Gasteiger partial charge in [0.05, 0.1) is 11.2 Å². The van der Waals surface area contributed by atoms with Crippen LogP contribution in [0.4, 0.5) is 45.5 Å². The lowest BCUT2D eigenvalue weighted by Crippen LogP contribution is -2.61. The van der Waals surface area contributed by atoms with Crippen molar-refractivity contribution >= 4 is 68.6 Å². The molecule has 4 aliphatic rings. The van der Waals surface area contributed by atoms with Crippen molar-refractivity contribution in [3.05, 3.63) is 174 Å². The summed E-state index contributed by atoms with van der Waals surface area (Å²) in [6, 6.07) is 59.1. The molecule has 3 aliphatic heterocycles. The van der Waals surface area contributed by atoms with Gasteiger partial charge in [-0.15, -0.1) is 0 Å². The molecule has 0 saturated heterocycles. The molecule has 0 aromatic heterocycles. The van der Waals surface area contributed by atoms with Crippen molar-refractivity contribution in [3.8, 4) is 11.1 Å². The maximum absolute atomic E-state index is 2.81. The minimum atomic E-state index is -0.128. The molecular weight excluding hydrogens is 810 g/mol. The molecule has 7 aromatic rings. The number of fused-ring (bicyclic) bond motifs is 7. The highest BCUT2D eigenvalue weighted by atomic mass is 15.3. The maximum atomic E-state index is 2.81. The lowest BCUT2D eigenvalue weighted by Gasteiger charge is -2.49. The fourth-order valence-corrected chi connectivity index (χ4v) is 12.5. The molecule has 1 aliphatic carbocycles.